The fourth-order valence-electron chi connectivity index (χ4n) is 2.63. The predicted octanol–water partition coefficient (Wildman–Crippen LogP) is 3.17. The topological polar surface area (TPSA) is 63.4 Å². The number of fused-ring (bicyclic) bond motifs is 1. The van der Waals surface area contributed by atoms with Crippen molar-refractivity contribution in [1.29, 1.82) is 0 Å². The lowest BCUT2D eigenvalue weighted by molar-refractivity contribution is 0.350. The Labute approximate surface area is 130 Å². The van der Waals surface area contributed by atoms with Crippen molar-refractivity contribution in [3.63, 3.8) is 0 Å². The van der Waals surface area contributed by atoms with Crippen molar-refractivity contribution < 1.29 is 8.42 Å². The molecule has 0 saturated carbocycles. The van der Waals surface area contributed by atoms with Crippen LogP contribution < -0.4 is 5.73 Å². The molecule has 1 heterocycles. The molecule has 0 aliphatic rings. The van der Waals surface area contributed by atoms with Crippen molar-refractivity contribution >= 4 is 31.4 Å². The van der Waals surface area contributed by atoms with Crippen LogP contribution in [-0.4, -0.2) is 25.8 Å². The molecule has 116 valence electrons. The van der Waals surface area contributed by atoms with Crippen LogP contribution in [0, 0.1) is 0 Å². The minimum atomic E-state index is -3.52. The highest BCUT2D eigenvalue weighted by Crippen LogP contribution is 2.36. The molecule has 0 atom stereocenters. The SMILES string of the molecule is CCC(CC)N(C)S(=O)(=O)c1c(CN)sc2ccccc12. The van der Waals surface area contributed by atoms with E-state index in [0.29, 0.717) is 4.90 Å². The van der Waals surface area contributed by atoms with Crippen molar-refractivity contribution in [3.05, 3.63) is 29.1 Å². The smallest absolute Gasteiger partial charge is 0.244 e. The highest BCUT2D eigenvalue weighted by Gasteiger charge is 2.31. The van der Waals surface area contributed by atoms with Gasteiger partial charge in [0, 0.05) is 34.6 Å². The second kappa shape index (κ2) is 6.44. The first-order chi connectivity index (χ1) is 9.97. The predicted molar refractivity (Wildman–Crippen MR) is 89.0 cm³/mol. The molecule has 0 saturated heterocycles. The summed E-state index contributed by atoms with van der Waals surface area (Å²) in [5, 5.41) is 0.778. The number of nitrogens with two attached hydrogens (primary N) is 1. The monoisotopic (exact) mass is 326 g/mol. The Morgan fingerprint density at radius 2 is 1.86 bits per heavy atom. The maximum Gasteiger partial charge on any atom is 0.244 e. The third kappa shape index (κ3) is 2.85. The molecule has 0 amide bonds. The fraction of sp³-hybridized carbons (Fsp3) is 0.467. The molecule has 0 unspecified atom stereocenters. The summed E-state index contributed by atoms with van der Waals surface area (Å²) < 4.78 is 28.5. The quantitative estimate of drug-likeness (QED) is 0.887. The van der Waals surface area contributed by atoms with Gasteiger partial charge < -0.3 is 5.73 Å². The van der Waals surface area contributed by atoms with Gasteiger partial charge in [0.25, 0.3) is 0 Å². The summed E-state index contributed by atoms with van der Waals surface area (Å²) in [6.45, 7) is 4.26. The summed E-state index contributed by atoms with van der Waals surface area (Å²) in [7, 11) is -1.86. The zero-order valence-corrected chi connectivity index (χ0v) is 14.3. The van der Waals surface area contributed by atoms with E-state index in [1.54, 1.807) is 7.05 Å². The minimum Gasteiger partial charge on any atom is -0.326 e. The van der Waals surface area contributed by atoms with E-state index in [9.17, 15) is 8.42 Å². The van der Waals surface area contributed by atoms with Crippen molar-refractivity contribution in [2.45, 2.75) is 44.2 Å². The number of thiophene rings is 1. The number of rotatable bonds is 6. The van der Waals surface area contributed by atoms with Crippen molar-refractivity contribution in [3.8, 4) is 0 Å². The first-order valence-electron chi connectivity index (χ1n) is 7.15. The second-order valence-corrected chi connectivity index (χ2v) is 8.12. The number of nitrogens with zero attached hydrogens (tertiary/aromatic N) is 1. The summed E-state index contributed by atoms with van der Waals surface area (Å²) in [6, 6.07) is 7.60. The van der Waals surface area contributed by atoms with E-state index in [1.165, 1.54) is 15.6 Å². The Kier molecular flexibility index (Phi) is 5.03. The highest BCUT2D eigenvalue weighted by molar-refractivity contribution is 7.89. The fourth-order valence-corrected chi connectivity index (χ4v) is 5.92. The lowest BCUT2D eigenvalue weighted by atomic mass is 10.2. The zero-order chi connectivity index (χ0) is 15.6. The van der Waals surface area contributed by atoms with Crippen LogP contribution in [0.2, 0.25) is 0 Å². The maximum absolute atomic E-state index is 13.0. The molecule has 0 bridgehead atoms. The van der Waals surface area contributed by atoms with Gasteiger partial charge in [-0.1, -0.05) is 32.0 Å². The molecule has 6 heteroatoms. The molecular weight excluding hydrogens is 304 g/mol. The van der Waals surface area contributed by atoms with Gasteiger partial charge in [0.05, 0.1) is 0 Å². The van der Waals surface area contributed by atoms with Gasteiger partial charge in [-0.3, -0.25) is 0 Å². The maximum atomic E-state index is 13.0. The van der Waals surface area contributed by atoms with E-state index in [-0.39, 0.29) is 12.6 Å². The molecule has 2 N–H and O–H groups in total. The third-order valence-corrected chi connectivity index (χ3v) is 7.26. The van der Waals surface area contributed by atoms with Crippen molar-refractivity contribution in [2.75, 3.05) is 7.05 Å². The van der Waals surface area contributed by atoms with E-state index >= 15 is 0 Å². The van der Waals surface area contributed by atoms with Crippen molar-refractivity contribution in [2.24, 2.45) is 5.73 Å². The van der Waals surface area contributed by atoms with E-state index in [4.69, 9.17) is 5.73 Å². The van der Waals surface area contributed by atoms with Crippen LogP contribution in [0.25, 0.3) is 10.1 Å². The molecule has 0 aliphatic carbocycles. The van der Waals surface area contributed by atoms with Crippen LogP contribution in [0.5, 0.6) is 0 Å². The Hall–Kier alpha value is -0.950. The summed E-state index contributed by atoms with van der Waals surface area (Å²) in [6.07, 6.45) is 1.60. The van der Waals surface area contributed by atoms with Gasteiger partial charge in [-0.25, -0.2) is 8.42 Å². The molecule has 2 aromatic rings. The van der Waals surface area contributed by atoms with E-state index in [0.717, 1.165) is 27.8 Å². The van der Waals surface area contributed by atoms with Crippen LogP contribution in [0.4, 0.5) is 0 Å². The van der Waals surface area contributed by atoms with E-state index in [2.05, 4.69) is 0 Å². The second-order valence-electron chi connectivity index (χ2n) is 5.05. The van der Waals surface area contributed by atoms with Gasteiger partial charge in [-0.2, -0.15) is 4.31 Å². The molecule has 0 radical (unpaired) electrons. The van der Waals surface area contributed by atoms with Gasteiger partial charge in [-0.05, 0) is 18.9 Å². The average molecular weight is 326 g/mol. The molecule has 0 aliphatic heterocycles. The normalized spacial score (nSPS) is 12.7. The molecule has 2 rings (SSSR count). The number of hydrogen-bond donors (Lipinski definition) is 1. The van der Waals surface area contributed by atoms with Crippen LogP contribution in [0.15, 0.2) is 29.2 Å². The lowest BCUT2D eigenvalue weighted by Crippen LogP contribution is -2.36. The number of hydrogen-bond acceptors (Lipinski definition) is 4. The standard InChI is InChI=1S/C15H22N2O2S2/c1-4-11(5-2)17(3)21(18,19)15-12-8-6-7-9-13(12)20-14(15)10-16/h6-9,11H,4-5,10,16H2,1-3H3. The third-order valence-electron chi connectivity index (χ3n) is 3.90. The van der Waals surface area contributed by atoms with Crippen LogP contribution in [0.3, 0.4) is 0 Å². The summed E-state index contributed by atoms with van der Waals surface area (Å²) in [4.78, 5) is 1.12. The molecule has 1 aromatic heterocycles. The molecule has 0 fully saturated rings. The van der Waals surface area contributed by atoms with Crippen molar-refractivity contribution in [1.82, 2.24) is 4.31 Å². The minimum absolute atomic E-state index is 0.0132. The van der Waals surface area contributed by atoms with Gasteiger partial charge in [-0.15, -0.1) is 11.3 Å². The first-order valence-corrected chi connectivity index (χ1v) is 9.41. The van der Waals surface area contributed by atoms with Gasteiger partial charge in [0.2, 0.25) is 10.0 Å². The highest BCUT2D eigenvalue weighted by atomic mass is 32.2. The molecule has 1 aromatic carbocycles. The van der Waals surface area contributed by atoms with Crippen LogP contribution in [-0.2, 0) is 16.6 Å². The molecular formula is C15H22N2O2S2. The summed E-state index contributed by atoms with van der Waals surface area (Å²) in [5.74, 6) is 0. The van der Waals surface area contributed by atoms with E-state index in [1.807, 2.05) is 38.1 Å². The van der Waals surface area contributed by atoms with Crippen LogP contribution >= 0.6 is 11.3 Å². The molecule has 4 nitrogen and oxygen atoms in total. The Balaban J connectivity index is 2.64. The van der Waals surface area contributed by atoms with Gasteiger partial charge >= 0.3 is 0 Å². The van der Waals surface area contributed by atoms with Gasteiger partial charge in [0.15, 0.2) is 0 Å². The molecule has 21 heavy (non-hydrogen) atoms. The largest absolute Gasteiger partial charge is 0.326 e. The zero-order valence-electron chi connectivity index (χ0n) is 12.7. The Morgan fingerprint density at radius 3 is 2.43 bits per heavy atom. The van der Waals surface area contributed by atoms with Gasteiger partial charge in [0.1, 0.15) is 4.90 Å². The average Bonchev–Trinajstić information content (AvgIpc) is 2.87. The lowest BCUT2D eigenvalue weighted by Gasteiger charge is -2.25. The summed E-state index contributed by atoms with van der Waals surface area (Å²) >= 11 is 1.46. The molecule has 0 spiro atoms. The Morgan fingerprint density at radius 1 is 1.24 bits per heavy atom. The summed E-state index contributed by atoms with van der Waals surface area (Å²) in [5.41, 5.74) is 5.78. The number of sulfonamides is 1. The number of benzene rings is 1. The first kappa shape index (κ1) is 16.4. The van der Waals surface area contributed by atoms with E-state index < -0.39 is 10.0 Å². The van der Waals surface area contributed by atoms with Crippen LogP contribution in [0.1, 0.15) is 31.6 Å². The Bertz CT molecular complexity index is 718.